The Labute approximate surface area is 268 Å². The van der Waals surface area contributed by atoms with Gasteiger partial charge in [-0.2, -0.15) is 9.97 Å². The first-order chi connectivity index (χ1) is 22.4. The number of terminal acetylenes is 1. The van der Waals surface area contributed by atoms with Crippen molar-refractivity contribution in [2.45, 2.75) is 56.7 Å². The van der Waals surface area contributed by atoms with Crippen LogP contribution in [0.25, 0.3) is 32.9 Å². The number of piperidine rings is 1. The predicted octanol–water partition coefficient (Wildman–Crippen LogP) is 4.88. The number of halogens is 1. The van der Waals surface area contributed by atoms with Gasteiger partial charge in [0.25, 0.3) is 0 Å². The minimum absolute atomic E-state index is 0.00263. The lowest BCUT2D eigenvalue weighted by Gasteiger charge is -2.34. The average molecular weight is 623 g/mol. The van der Waals surface area contributed by atoms with Crippen molar-refractivity contribution in [3.05, 3.63) is 47.9 Å². The average Bonchev–Trinajstić information content (AvgIpc) is 3.76. The molecule has 46 heavy (non-hydrogen) atoms. The Morgan fingerprint density at radius 1 is 1.11 bits per heavy atom. The highest BCUT2D eigenvalue weighted by molar-refractivity contribution is 6.02. The maximum absolute atomic E-state index is 16.8. The second-order valence-corrected chi connectivity index (χ2v) is 13.6. The molecule has 2 aromatic carbocycles. The summed E-state index contributed by atoms with van der Waals surface area (Å²) in [6, 6.07) is 9.52. The van der Waals surface area contributed by atoms with E-state index in [1.54, 1.807) is 25.4 Å². The third-order valence-corrected chi connectivity index (χ3v) is 10.4. The summed E-state index contributed by atoms with van der Waals surface area (Å²) in [5.41, 5.74) is 1.29. The Hall–Kier alpha value is -4.04. The summed E-state index contributed by atoms with van der Waals surface area (Å²) < 4.78 is 28.7. The number of hydrogen-bond acceptors (Lipinski definition) is 9. The number of rotatable bonds is 8. The van der Waals surface area contributed by atoms with Crippen molar-refractivity contribution in [2.24, 2.45) is 5.41 Å². The lowest BCUT2D eigenvalue weighted by molar-refractivity contribution is 0.0313. The quantitative estimate of drug-likeness (QED) is 0.267. The second-order valence-electron chi connectivity index (χ2n) is 13.6. The molecule has 0 spiro atoms. The van der Waals surface area contributed by atoms with Crippen LogP contribution in [0.4, 0.5) is 10.2 Å². The molecule has 4 fully saturated rings. The molecule has 2 atom stereocenters. The first kappa shape index (κ1) is 29.4. The van der Waals surface area contributed by atoms with Crippen LogP contribution in [0.15, 0.2) is 36.5 Å². The van der Waals surface area contributed by atoms with Crippen molar-refractivity contribution >= 4 is 27.5 Å². The zero-order valence-electron chi connectivity index (χ0n) is 26.1. The van der Waals surface area contributed by atoms with E-state index in [-0.39, 0.29) is 28.4 Å². The summed E-state index contributed by atoms with van der Waals surface area (Å²) in [6.07, 6.45) is 14.3. The van der Waals surface area contributed by atoms with Crippen molar-refractivity contribution in [2.75, 3.05) is 51.3 Å². The summed E-state index contributed by atoms with van der Waals surface area (Å²) in [4.78, 5) is 19.0. The van der Waals surface area contributed by atoms with E-state index in [0.717, 1.165) is 71.2 Å². The van der Waals surface area contributed by atoms with Crippen LogP contribution >= 0.6 is 0 Å². The van der Waals surface area contributed by atoms with Crippen molar-refractivity contribution in [3.8, 4) is 35.4 Å². The highest BCUT2D eigenvalue weighted by Crippen LogP contribution is 2.47. The Kier molecular flexibility index (Phi) is 7.43. The van der Waals surface area contributed by atoms with Gasteiger partial charge in [-0.05, 0) is 62.1 Å². The molecule has 5 heterocycles. The van der Waals surface area contributed by atoms with Crippen LogP contribution in [0, 0.1) is 23.6 Å². The largest absolute Gasteiger partial charge is 0.508 e. The number of methoxy groups -OCH3 is 1. The Morgan fingerprint density at radius 2 is 1.89 bits per heavy atom. The van der Waals surface area contributed by atoms with E-state index in [1.807, 2.05) is 12.1 Å². The van der Waals surface area contributed by atoms with Gasteiger partial charge < -0.3 is 29.7 Å². The summed E-state index contributed by atoms with van der Waals surface area (Å²) in [5, 5.41) is 16.1. The lowest BCUT2D eigenvalue weighted by atomic mass is 9.96. The molecular formula is C36H39FN6O3. The third kappa shape index (κ3) is 5.40. The minimum Gasteiger partial charge on any atom is -0.508 e. The molecule has 238 valence electrons. The molecule has 2 N–H and O–H groups in total. The van der Waals surface area contributed by atoms with Crippen LogP contribution in [0.2, 0.25) is 0 Å². The second kappa shape index (κ2) is 11.6. The number of likely N-dealkylation sites (tertiary alicyclic amines) is 1. The molecule has 9 nitrogen and oxygen atoms in total. The monoisotopic (exact) mass is 622 g/mol. The number of aromatic hydroxyl groups is 1. The molecule has 0 amide bonds. The van der Waals surface area contributed by atoms with Crippen LogP contribution < -0.4 is 15.0 Å². The standard InChI is InChI=1S/C36H39FN6O3/c1-3-22-5-4-6-23-15-26(44)16-28(30(22)23)32-31(37)33-29(17-38-32)34(43-18-24-7-8-25(19-43)39-24)41-35(40-33)46-21-36(11-12-36)20-42-13-9-27(45-2)10-14-42/h1,4-6,15-17,24-25,27,39,44H,7-14,18-21H2,2H3. The van der Waals surface area contributed by atoms with E-state index in [1.165, 1.54) is 6.07 Å². The normalized spacial score (nSPS) is 22.8. The number of nitrogens with zero attached hydrogens (tertiary/aromatic N) is 5. The summed E-state index contributed by atoms with van der Waals surface area (Å²) in [5.74, 6) is 2.76. The highest BCUT2D eigenvalue weighted by Gasteiger charge is 2.45. The van der Waals surface area contributed by atoms with E-state index >= 15 is 4.39 Å². The molecule has 2 aromatic heterocycles. The molecule has 2 unspecified atom stereocenters. The van der Waals surface area contributed by atoms with Gasteiger partial charge in [-0.1, -0.05) is 18.1 Å². The molecule has 4 aromatic rings. The Balaban J connectivity index is 1.17. The van der Waals surface area contributed by atoms with Gasteiger partial charge in [-0.15, -0.1) is 6.42 Å². The molecule has 3 aliphatic heterocycles. The van der Waals surface area contributed by atoms with Gasteiger partial charge in [0.15, 0.2) is 5.82 Å². The number of aromatic nitrogens is 3. The Morgan fingerprint density at radius 3 is 2.61 bits per heavy atom. The van der Waals surface area contributed by atoms with E-state index in [0.29, 0.717) is 57.9 Å². The number of phenolic OH excluding ortho intramolecular Hbond substituents is 1. The number of ether oxygens (including phenoxy) is 2. The first-order valence-electron chi connectivity index (χ1n) is 16.4. The fourth-order valence-electron chi connectivity index (χ4n) is 7.72. The number of fused-ring (bicyclic) bond motifs is 4. The smallest absolute Gasteiger partial charge is 0.319 e. The number of anilines is 1. The highest BCUT2D eigenvalue weighted by atomic mass is 19.1. The number of hydrogen-bond donors (Lipinski definition) is 2. The number of nitrogens with one attached hydrogen (secondary N) is 1. The molecule has 10 heteroatoms. The SMILES string of the molecule is C#Cc1cccc2cc(O)cc(-c3ncc4c(N5CC6CCC(C5)N6)nc(OCC5(CN6CCC(OC)CC6)CC5)nc4c3F)c12. The molecule has 0 radical (unpaired) electrons. The van der Waals surface area contributed by atoms with E-state index in [4.69, 9.17) is 25.9 Å². The van der Waals surface area contributed by atoms with Crippen molar-refractivity contribution in [3.63, 3.8) is 0 Å². The van der Waals surface area contributed by atoms with Crippen molar-refractivity contribution in [1.82, 2.24) is 25.2 Å². The number of pyridine rings is 1. The third-order valence-electron chi connectivity index (χ3n) is 10.4. The van der Waals surface area contributed by atoms with Crippen molar-refractivity contribution in [1.29, 1.82) is 0 Å². The fraction of sp³-hybridized carbons (Fsp3) is 0.472. The number of piperazine rings is 1. The minimum atomic E-state index is -0.593. The van der Waals surface area contributed by atoms with Crippen molar-refractivity contribution < 1.29 is 19.0 Å². The van der Waals surface area contributed by atoms with Crippen LogP contribution in [0.3, 0.4) is 0 Å². The molecule has 4 aliphatic rings. The predicted molar refractivity (Wildman–Crippen MR) is 176 cm³/mol. The topological polar surface area (TPSA) is 95.9 Å². The van der Waals surface area contributed by atoms with Gasteiger partial charge in [0.05, 0.1) is 18.1 Å². The summed E-state index contributed by atoms with van der Waals surface area (Å²) in [6.45, 7) is 5.04. The van der Waals surface area contributed by atoms with Gasteiger partial charge in [0, 0.05) is 80.0 Å². The lowest BCUT2D eigenvalue weighted by Crippen LogP contribution is -2.51. The van der Waals surface area contributed by atoms with Crippen LogP contribution in [-0.2, 0) is 4.74 Å². The van der Waals surface area contributed by atoms with Gasteiger partial charge in [0.1, 0.15) is 22.8 Å². The number of benzene rings is 2. The summed E-state index contributed by atoms with van der Waals surface area (Å²) in [7, 11) is 1.79. The molecule has 1 saturated carbocycles. The number of phenols is 1. The van der Waals surface area contributed by atoms with E-state index in [2.05, 4.69) is 26.0 Å². The fourth-order valence-corrected chi connectivity index (χ4v) is 7.72. The summed E-state index contributed by atoms with van der Waals surface area (Å²) >= 11 is 0. The molecule has 2 bridgehead atoms. The molecule has 3 saturated heterocycles. The van der Waals surface area contributed by atoms with E-state index in [9.17, 15) is 5.11 Å². The van der Waals surface area contributed by atoms with Gasteiger partial charge in [-0.3, -0.25) is 4.98 Å². The molecule has 1 aliphatic carbocycles. The van der Waals surface area contributed by atoms with Gasteiger partial charge in [0.2, 0.25) is 0 Å². The van der Waals surface area contributed by atoms with E-state index < -0.39 is 5.82 Å². The van der Waals surface area contributed by atoms with Gasteiger partial charge >= 0.3 is 6.01 Å². The maximum atomic E-state index is 16.8. The first-order valence-corrected chi connectivity index (χ1v) is 16.4. The maximum Gasteiger partial charge on any atom is 0.319 e. The van der Waals surface area contributed by atoms with Gasteiger partial charge in [-0.25, -0.2) is 4.39 Å². The zero-order valence-corrected chi connectivity index (χ0v) is 26.1. The van der Waals surface area contributed by atoms with Crippen LogP contribution in [0.5, 0.6) is 11.8 Å². The van der Waals surface area contributed by atoms with Crippen LogP contribution in [-0.4, -0.2) is 89.6 Å². The zero-order chi connectivity index (χ0) is 31.4. The van der Waals surface area contributed by atoms with Crippen LogP contribution in [0.1, 0.15) is 44.1 Å². The Bertz CT molecular complexity index is 1840. The molecule has 8 rings (SSSR count). The molecular weight excluding hydrogens is 583 g/mol.